The second kappa shape index (κ2) is 24.1. The van der Waals surface area contributed by atoms with Crippen LogP contribution in [0.5, 0.6) is 0 Å². The first-order valence-corrected chi connectivity index (χ1v) is 33.3. The van der Waals surface area contributed by atoms with E-state index in [1.54, 1.807) is 0 Å². The van der Waals surface area contributed by atoms with Crippen molar-refractivity contribution in [3.63, 3.8) is 0 Å². The normalized spacial score (nSPS) is 12.5. The largest absolute Gasteiger partial charge is 0.368 e. The maximum Gasteiger partial charge on any atom is 0.296 e. The summed E-state index contributed by atoms with van der Waals surface area (Å²) in [5.74, 6) is -1.63. The lowest BCUT2D eigenvalue weighted by Crippen LogP contribution is -2.10. The molecule has 0 aliphatic carbocycles. The third-order valence-electron chi connectivity index (χ3n) is 12.0. The second-order valence-electron chi connectivity index (χ2n) is 18.0. The van der Waals surface area contributed by atoms with Crippen LogP contribution < -0.4 is 27.0 Å². The van der Waals surface area contributed by atoms with Crippen LogP contribution in [-0.4, -0.2) is 108 Å². The Kier molecular flexibility index (Phi) is 17.3. The fraction of sp³-hybridized carbons (Fsp3) is 0.0213. The Morgan fingerprint density at radius 3 is 1.57 bits per heavy atom. The minimum Gasteiger partial charge on any atom is -0.368 e. The molecule has 90 heavy (non-hydrogen) atoms. The van der Waals surface area contributed by atoms with E-state index in [2.05, 4.69) is 66.6 Å². The highest BCUT2D eigenvalue weighted by Gasteiger charge is 2.28. The number of fused-ring (bicyclic) bond motifs is 1. The van der Waals surface area contributed by atoms with Crippen molar-refractivity contribution in [2.45, 2.75) is 36.3 Å². The van der Waals surface area contributed by atoms with Gasteiger partial charge in [0.1, 0.15) is 32.1 Å². The molecule has 3 aromatic heterocycles. The van der Waals surface area contributed by atoms with Crippen molar-refractivity contribution in [1.82, 2.24) is 24.9 Å². The Hall–Kier alpha value is -10.1. The Labute approximate surface area is 509 Å². The standard InChI is InChI=1S/C47H34N16O20S7/c1-22-34(21-48)41(50-24-6-10-29(11-7-24)85(66,67)68)55-42(51-25-8-12-30(13-9-25)86(69,70)71)39(22)60-62-47-54-40(43(84-47)61-59-27-16-32-33(37(17-27)89(78,79)80)18-28(63(64)65)19-38(32)90(81,82)83)23-2-4-26(5-3-23)52-45-56-44(49)57-46(58-45)53-35-20-31(87(72,73)74)14-15-36(35)88(75,76)77/h2-20H,1H3,(H2,50,51,55)(H,66,67,68)(H,69,70,71)(H,72,73,74)(H,75,76,77)(H,78,79,80)(H,81,82,83)(H4,49,52,53,56,57,58)/b61-59+,62-60?. The van der Waals surface area contributed by atoms with Gasteiger partial charge in [0.15, 0.2) is 16.6 Å². The van der Waals surface area contributed by atoms with Gasteiger partial charge in [-0.1, -0.05) is 23.5 Å². The first kappa shape index (κ1) is 64.4. The molecule has 36 nitrogen and oxygen atoms in total. The molecule has 6 aromatic carbocycles. The maximum absolute atomic E-state index is 12.8. The Balaban J connectivity index is 1.15. The number of hydrogen-bond acceptors (Lipinski definition) is 30. The minimum absolute atomic E-state index is 0.0720. The summed E-state index contributed by atoms with van der Waals surface area (Å²) in [6, 6.07) is 21.5. The van der Waals surface area contributed by atoms with Crippen LogP contribution in [-0.2, 0) is 60.7 Å². The number of nitriles is 1. The van der Waals surface area contributed by atoms with Crippen molar-refractivity contribution < 1.29 is 82.7 Å². The van der Waals surface area contributed by atoms with E-state index in [1.165, 1.54) is 55.5 Å². The molecule has 3 heterocycles. The van der Waals surface area contributed by atoms with Crippen LogP contribution in [0.1, 0.15) is 11.1 Å². The molecule has 9 aromatic rings. The molecule has 0 bridgehead atoms. The summed E-state index contributed by atoms with van der Waals surface area (Å²) in [7, 11) is -29.9. The third kappa shape index (κ3) is 14.7. The smallest absolute Gasteiger partial charge is 0.296 e. The van der Waals surface area contributed by atoms with Crippen LogP contribution in [0.4, 0.5) is 79.4 Å². The molecule has 0 saturated carbocycles. The minimum atomic E-state index is -5.37. The lowest BCUT2D eigenvalue weighted by Gasteiger charge is -2.16. The Morgan fingerprint density at radius 1 is 0.533 bits per heavy atom. The van der Waals surface area contributed by atoms with Crippen LogP contribution in [0.25, 0.3) is 22.0 Å². The average Bonchev–Trinajstić information content (AvgIpc) is 0.892. The number of nitrogens with two attached hydrogens (primary N) is 1. The van der Waals surface area contributed by atoms with Crippen molar-refractivity contribution in [3.05, 3.63) is 137 Å². The SMILES string of the molecule is Cc1c(C#N)c(Nc2ccc(S(=O)(=O)O)cc2)nc(Nc2ccc(S(=O)(=O)O)cc2)c1N=Nc1nc(-c2ccc(Nc3nc(N)nc(Nc4cc(S(=O)(=O)O)ccc4S(=O)(=O)O)n3)cc2)c(/N=N/c2cc(S(=O)(=O)O)c3cc([N+](=O)[O-])cc(S(=O)(=O)O)c3c2)s1. The molecule has 0 aliphatic heterocycles. The van der Waals surface area contributed by atoms with Crippen LogP contribution in [0.15, 0.2) is 165 Å². The molecule has 0 saturated heterocycles. The number of rotatable bonds is 20. The van der Waals surface area contributed by atoms with Gasteiger partial charge in [-0.25, -0.2) is 9.97 Å². The van der Waals surface area contributed by atoms with E-state index in [0.717, 1.165) is 30.3 Å². The first-order chi connectivity index (χ1) is 41.9. The molecular weight excluding hydrogens is 1330 g/mol. The van der Waals surface area contributed by atoms with Gasteiger partial charge in [0.25, 0.3) is 66.4 Å². The third-order valence-corrected chi connectivity index (χ3v) is 18.1. The second-order valence-corrected chi connectivity index (χ2v) is 27.4. The Morgan fingerprint density at radius 2 is 1.03 bits per heavy atom. The molecule has 0 aliphatic rings. The molecular formula is C47H34N16O20S7. The monoisotopic (exact) mass is 1370 g/mol. The number of nitrogen functional groups attached to an aromatic ring is 1. The van der Waals surface area contributed by atoms with Gasteiger partial charge in [0, 0.05) is 51.1 Å². The molecule has 0 atom stereocenters. The van der Waals surface area contributed by atoms with E-state index in [9.17, 15) is 93.2 Å². The molecule has 0 fully saturated rings. The van der Waals surface area contributed by atoms with E-state index >= 15 is 0 Å². The summed E-state index contributed by atoms with van der Waals surface area (Å²) in [5.41, 5.74) is 4.10. The number of benzene rings is 6. The zero-order valence-corrected chi connectivity index (χ0v) is 49.9. The van der Waals surface area contributed by atoms with Gasteiger partial charge in [-0.15, -0.1) is 20.5 Å². The van der Waals surface area contributed by atoms with Gasteiger partial charge < -0.3 is 27.0 Å². The maximum atomic E-state index is 12.8. The fourth-order valence-electron chi connectivity index (χ4n) is 8.03. The van der Waals surface area contributed by atoms with E-state index in [4.69, 9.17) is 5.73 Å². The number of hydrogen-bond donors (Lipinski definition) is 11. The zero-order valence-electron chi connectivity index (χ0n) is 44.2. The average molecular weight is 1370 g/mol. The van der Waals surface area contributed by atoms with Gasteiger partial charge in [-0.05, 0) is 97.9 Å². The number of thiazole rings is 1. The van der Waals surface area contributed by atoms with Gasteiger partial charge in [0.05, 0.1) is 36.5 Å². The quantitative estimate of drug-likeness (QED) is 0.0147. The van der Waals surface area contributed by atoms with Crippen molar-refractivity contribution in [1.29, 1.82) is 5.26 Å². The molecule has 0 spiro atoms. The number of anilines is 9. The summed E-state index contributed by atoms with van der Waals surface area (Å²) >= 11 is 0.638. The highest BCUT2D eigenvalue weighted by atomic mass is 32.2. The lowest BCUT2D eigenvalue weighted by molar-refractivity contribution is -0.384. The zero-order chi connectivity index (χ0) is 65.6. The highest BCUT2D eigenvalue weighted by molar-refractivity contribution is 7.87. The number of non-ortho nitro benzene ring substituents is 1. The first-order valence-electron chi connectivity index (χ1n) is 23.9. The Bertz CT molecular complexity index is 5310. The highest BCUT2D eigenvalue weighted by Crippen LogP contribution is 2.44. The van der Waals surface area contributed by atoms with Crippen LogP contribution >= 0.6 is 11.3 Å². The topological polar surface area (TPSA) is 581 Å². The van der Waals surface area contributed by atoms with Crippen LogP contribution in [0.3, 0.4) is 0 Å². The summed E-state index contributed by atoms with van der Waals surface area (Å²) in [4.78, 5) is 26.9. The lowest BCUT2D eigenvalue weighted by atomic mass is 10.1. The van der Waals surface area contributed by atoms with Gasteiger partial charge in [-0.3, -0.25) is 37.4 Å². The van der Waals surface area contributed by atoms with Crippen molar-refractivity contribution in [3.8, 4) is 17.3 Å². The summed E-state index contributed by atoms with van der Waals surface area (Å²) < 4.78 is 205. The number of nitro groups is 1. The molecule has 12 N–H and O–H groups in total. The van der Waals surface area contributed by atoms with Crippen LogP contribution in [0.2, 0.25) is 0 Å². The van der Waals surface area contributed by atoms with Gasteiger partial charge in [-0.2, -0.15) is 70.7 Å². The number of azo groups is 2. The van der Waals surface area contributed by atoms with E-state index in [0.29, 0.717) is 47.7 Å². The van der Waals surface area contributed by atoms with Crippen molar-refractivity contribution >= 4 is 162 Å². The molecule has 9 rings (SSSR count). The van der Waals surface area contributed by atoms with Crippen LogP contribution in [0, 0.1) is 28.4 Å². The van der Waals surface area contributed by atoms with E-state index in [1.807, 2.05) is 6.07 Å². The van der Waals surface area contributed by atoms with Gasteiger partial charge in [0.2, 0.25) is 23.0 Å². The number of aromatic nitrogens is 5. The predicted octanol–water partition coefficient (Wildman–Crippen LogP) is 8.50. The molecule has 464 valence electrons. The summed E-state index contributed by atoms with van der Waals surface area (Å²) in [6.45, 7) is 1.43. The van der Waals surface area contributed by atoms with E-state index in [-0.39, 0.29) is 72.9 Å². The fourth-order valence-corrected chi connectivity index (χ4v) is 12.3. The number of nitro benzene ring substituents is 1. The summed E-state index contributed by atoms with van der Waals surface area (Å²) in [5, 5.41) is 48.4. The number of nitrogens with zero attached hydrogens (tertiary/aromatic N) is 11. The number of pyridine rings is 1. The summed E-state index contributed by atoms with van der Waals surface area (Å²) in [6.07, 6.45) is 0. The molecule has 0 radical (unpaired) electrons. The number of nitrogens with one attached hydrogen (secondary N) is 4. The molecule has 0 amide bonds. The van der Waals surface area contributed by atoms with Gasteiger partial charge >= 0.3 is 0 Å². The molecule has 43 heteroatoms. The van der Waals surface area contributed by atoms with Crippen molar-refractivity contribution in [2.24, 2.45) is 20.5 Å². The predicted molar refractivity (Wildman–Crippen MR) is 316 cm³/mol. The van der Waals surface area contributed by atoms with Crippen molar-refractivity contribution in [2.75, 3.05) is 27.0 Å². The molecule has 0 unspecified atom stereocenters. The van der Waals surface area contributed by atoms with E-state index < -0.39 is 135 Å².